The molecule has 0 aromatic carbocycles. The predicted octanol–water partition coefficient (Wildman–Crippen LogP) is 0.493. The first-order valence-corrected chi connectivity index (χ1v) is 5.79. The molecule has 0 bridgehead atoms. The Morgan fingerprint density at radius 2 is 1.87 bits per heavy atom. The van der Waals surface area contributed by atoms with Gasteiger partial charge in [0.05, 0.1) is 12.0 Å². The number of alkyl halides is 1. The van der Waals surface area contributed by atoms with Crippen LogP contribution in [-0.4, -0.2) is 50.2 Å². The smallest absolute Gasteiger partial charge is 0.317 e. The fourth-order valence-corrected chi connectivity index (χ4v) is 2.15. The molecule has 0 heterocycles. The van der Waals surface area contributed by atoms with E-state index in [0.717, 1.165) is 11.8 Å². The van der Waals surface area contributed by atoms with Gasteiger partial charge in [-0.05, 0) is 0 Å². The molecule has 7 heteroatoms. The Kier molecular flexibility index (Phi) is 6.71. The van der Waals surface area contributed by atoms with E-state index < -0.39 is 29.2 Å². The van der Waals surface area contributed by atoms with Gasteiger partial charge in [-0.3, -0.25) is 9.59 Å². The van der Waals surface area contributed by atoms with E-state index >= 15 is 0 Å². The van der Waals surface area contributed by atoms with Crippen LogP contribution in [0.4, 0.5) is 0 Å². The zero-order valence-electron chi connectivity index (χ0n) is 8.09. The maximum absolute atomic E-state index is 10.7. The molecular formula is C8H13ClO5S. The average molecular weight is 257 g/mol. The lowest BCUT2D eigenvalue weighted by Gasteiger charge is -2.17. The Balaban J connectivity index is 4.29. The predicted molar refractivity (Wildman–Crippen MR) is 57.4 cm³/mol. The topological polar surface area (TPSA) is 94.8 Å². The van der Waals surface area contributed by atoms with Gasteiger partial charge in [-0.25, -0.2) is 0 Å². The molecule has 88 valence electrons. The number of carbonyl (C=O) groups is 2. The molecule has 0 aliphatic rings. The number of hydrogen-bond acceptors (Lipinski definition) is 4. The van der Waals surface area contributed by atoms with Crippen molar-refractivity contribution in [2.24, 2.45) is 5.92 Å². The van der Waals surface area contributed by atoms with Gasteiger partial charge in [0.1, 0.15) is 5.25 Å². The van der Waals surface area contributed by atoms with E-state index in [9.17, 15) is 9.59 Å². The maximum Gasteiger partial charge on any atom is 0.317 e. The molecule has 15 heavy (non-hydrogen) atoms. The average Bonchev–Trinajstić information content (AvgIpc) is 2.16. The second-order valence-electron chi connectivity index (χ2n) is 3.03. The third-order valence-corrected chi connectivity index (χ3v) is 3.64. The minimum absolute atomic E-state index is 0.000785. The number of thioether (sulfide) groups is 1. The van der Waals surface area contributed by atoms with Gasteiger partial charge in [-0.2, -0.15) is 0 Å². The van der Waals surface area contributed by atoms with Crippen LogP contribution >= 0.6 is 23.4 Å². The number of aliphatic carboxylic acids is 2. The van der Waals surface area contributed by atoms with Gasteiger partial charge in [0.15, 0.2) is 0 Å². The van der Waals surface area contributed by atoms with E-state index in [0.29, 0.717) is 0 Å². The molecule has 0 saturated carbocycles. The van der Waals surface area contributed by atoms with Crippen LogP contribution in [0.3, 0.4) is 0 Å². The molecule has 0 aromatic rings. The lowest BCUT2D eigenvalue weighted by molar-refractivity contribution is -0.146. The van der Waals surface area contributed by atoms with Gasteiger partial charge < -0.3 is 15.3 Å². The molecule has 0 radical (unpaired) electrons. The number of carboxylic acid groups (broad SMARTS) is 2. The second-order valence-corrected chi connectivity index (χ2v) is 4.51. The summed E-state index contributed by atoms with van der Waals surface area (Å²) in [6, 6.07) is 0. The zero-order valence-corrected chi connectivity index (χ0v) is 9.66. The third-order valence-electron chi connectivity index (χ3n) is 1.73. The van der Waals surface area contributed by atoms with E-state index in [1.54, 1.807) is 0 Å². The summed E-state index contributed by atoms with van der Waals surface area (Å²) >= 11 is 6.21. The minimum atomic E-state index is -1.20. The molecule has 0 spiro atoms. The Hall–Kier alpha value is -0.460. The van der Waals surface area contributed by atoms with Crippen molar-refractivity contribution in [1.29, 1.82) is 0 Å². The van der Waals surface area contributed by atoms with Crippen LogP contribution in [0, 0.1) is 5.92 Å². The fraction of sp³-hybridized carbons (Fsp3) is 0.750. The molecular weight excluding hydrogens is 244 g/mol. The molecule has 0 aliphatic heterocycles. The summed E-state index contributed by atoms with van der Waals surface area (Å²) in [5.41, 5.74) is 0. The second kappa shape index (κ2) is 6.92. The number of carboxylic acids is 2. The van der Waals surface area contributed by atoms with Crippen molar-refractivity contribution in [3.8, 4) is 0 Å². The first-order chi connectivity index (χ1) is 6.90. The van der Waals surface area contributed by atoms with Crippen molar-refractivity contribution in [2.75, 3.05) is 11.6 Å². The van der Waals surface area contributed by atoms with Gasteiger partial charge in [0, 0.05) is 11.6 Å². The van der Waals surface area contributed by atoms with E-state index in [4.69, 9.17) is 26.9 Å². The van der Waals surface area contributed by atoms with Gasteiger partial charge >= 0.3 is 11.9 Å². The van der Waals surface area contributed by atoms with E-state index in [-0.39, 0.29) is 11.6 Å². The normalized spacial score (nSPS) is 16.7. The summed E-state index contributed by atoms with van der Waals surface area (Å²) in [7, 11) is 0. The number of aliphatic hydroxyl groups is 1. The van der Waals surface area contributed by atoms with Crippen LogP contribution in [0.2, 0.25) is 0 Å². The molecule has 0 amide bonds. The van der Waals surface area contributed by atoms with Crippen molar-refractivity contribution in [1.82, 2.24) is 0 Å². The summed E-state index contributed by atoms with van der Waals surface area (Å²) in [5, 5.41) is 25.5. The summed E-state index contributed by atoms with van der Waals surface area (Å²) < 4.78 is 0. The van der Waals surface area contributed by atoms with Crippen LogP contribution in [0.25, 0.3) is 0 Å². The molecule has 5 nitrogen and oxygen atoms in total. The number of hydrogen-bond donors (Lipinski definition) is 3. The van der Waals surface area contributed by atoms with Gasteiger partial charge in [0.25, 0.3) is 0 Å². The molecule has 0 fully saturated rings. The van der Waals surface area contributed by atoms with Crippen LogP contribution < -0.4 is 0 Å². The summed E-state index contributed by atoms with van der Waals surface area (Å²) in [6.45, 7) is 1.32. The SMILES string of the molecule is CC(C(=O)O)C(SCC(O)CCl)C(=O)O. The Morgan fingerprint density at radius 3 is 2.20 bits per heavy atom. The quantitative estimate of drug-likeness (QED) is 0.574. The lowest BCUT2D eigenvalue weighted by Crippen LogP contribution is -2.31. The third kappa shape index (κ3) is 5.25. The van der Waals surface area contributed by atoms with Crippen LogP contribution in [0.5, 0.6) is 0 Å². The highest BCUT2D eigenvalue weighted by Crippen LogP contribution is 2.21. The molecule has 0 rings (SSSR count). The van der Waals surface area contributed by atoms with E-state index in [2.05, 4.69) is 0 Å². The summed E-state index contributed by atoms with van der Waals surface area (Å²) in [5.74, 6) is -3.26. The lowest BCUT2D eigenvalue weighted by atomic mass is 10.1. The maximum atomic E-state index is 10.7. The van der Waals surface area contributed by atoms with Crippen LogP contribution in [0.15, 0.2) is 0 Å². The summed E-state index contributed by atoms with van der Waals surface area (Å²) in [6.07, 6.45) is -0.820. The molecule has 0 saturated heterocycles. The molecule has 3 unspecified atom stereocenters. The van der Waals surface area contributed by atoms with E-state index in [1.165, 1.54) is 6.92 Å². The standard InChI is InChI=1S/C8H13ClO5S/c1-4(7(11)12)6(8(13)14)15-3-5(10)2-9/h4-6,10H,2-3H2,1H3,(H,11,12)(H,13,14). The molecule has 0 aliphatic carbocycles. The Morgan fingerprint density at radius 1 is 1.33 bits per heavy atom. The fourth-order valence-electron chi connectivity index (χ4n) is 0.818. The number of halogens is 1. The number of aliphatic hydroxyl groups excluding tert-OH is 1. The van der Waals surface area contributed by atoms with Crippen LogP contribution in [0.1, 0.15) is 6.92 Å². The number of rotatable bonds is 7. The van der Waals surface area contributed by atoms with Crippen molar-refractivity contribution in [3.63, 3.8) is 0 Å². The molecule has 3 atom stereocenters. The van der Waals surface area contributed by atoms with E-state index in [1.807, 2.05) is 0 Å². The van der Waals surface area contributed by atoms with Gasteiger partial charge in [0.2, 0.25) is 0 Å². The molecule has 0 aromatic heterocycles. The van der Waals surface area contributed by atoms with Gasteiger partial charge in [-0.1, -0.05) is 6.92 Å². The first kappa shape index (κ1) is 14.5. The van der Waals surface area contributed by atoms with Gasteiger partial charge in [-0.15, -0.1) is 23.4 Å². The van der Waals surface area contributed by atoms with Crippen molar-refractivity contribution in [3.05, 3.63) is 0 Å². The highest BCUT2D eigenvalue weighted by atomic mass is 35.5. The monoisotopic (exact) mass is 256 g/mol. The Bertz CT molecular complexity index is 235. The highest BCUT2D eigenvalue weighted by Gasteiger charge is 2.30. The Labute approximate surface area is 96.4 Å². The summed E-state index contributed by atoms with van der Waals surface area (Å²) in [4.78, 5) is 21.3. The van der Waals surface area contributed by atoms with Crippen molar-refractivity contribution >= 4 is 35.3 Å². The highest BCUT2D eigenvalue weighted by molar-refractivity contribution is 8.00. The van der Waals surface area contributed by atoms with Crippen molar-refractivity contribution in [2.45, 2.75) is 18.3 Å². The van der Waals surface area contributed by atoms with Crippen molar-refractivity contribution < 1.29 is 24.9 Å². The molecule has 3 N–H and O–H groups in total. The van der Waals surface area contributed by atoms with Crippen LogP contribution in [-0.2, 0) is 9.59 Å². The largest absolute Gasteiger partial charge is 0.481 e. The minimum Gasteiger partial charge on any atom is -0.481 e. The zero-order chi connectivity index (χ0) is 12.0. The first-order valence-electron chi connectivity index (χ1n) is 4.21.